The minimum atomic E-state index is -0.373. The van der Waals surface area contributed by atoms with Crippen LogP contribution in [0.4, 0.5) is 0 Å². The lowest BCUT2D eigenvalue weighted by Gasteiger charge is -2.08. The SMILES string of the molecule is C=CC(=O)OCCCCCCCCCCCCOc1ccc(C(=O)Oc2ccccc2)cc1. The molecule has 2 aromatic rings. The summed E-state index contributed by atoms with van der Waals surface area (Å²) in [4.78, 5) is 23.1. The average Bonchev–Trinajstić information content (AvgIpc) is 2.85. The fraction of sp³-hybridized carbons (Fsp3) is 0.429. The van der Waals surface area contributed by atoms with Crippen LogP contribution >= 0.6 is 0 Å². The predicted molar refractivity (Wildman–Crippen MR) is 131 cm³/mol. The van der Waals surface area contributed by atoms with Crippen molar-refractivity contribution in [1.29, 1.82) is 0 Å². The number of hydrogen-bond acceptors (Lipinski definition) is 5. The van der Waals surface area contributed by atoms with Gasteiger partial charge in [-0.1, -0.05) is 76.1 Å². The van der Waals surface area contributed by atoms with Gasteiger partial charge in [-0.3, -0.25) is 0 Å². The maximum Gasteiger partial charge on any atom is 0.343 e. The van der Waals surface area contributed by atoms with Gasteiger partial charge in [-0.05, 0) is 49.2 Å². The zero-order valence-electron chi connectivity index (χ0n) is 19.5. The van der Waals surface area contributed by atoms with Crippen LogP contribution < -0.4 is 9.47 Å². The average molecular weight is 453 g/mol. The van der Waals surface area contributed by atoms with Gasteiger partial charge in [0.05, 0.1) is 18.8 Å². The third-order valence-corrected chi connectivity index (χ3v) is 5.26. The first-order valence-electron chi connectivity index (χ1n) is 12.0. The van der Waals surface area contributed by atoms with Crippen molar-refractivity contribution in [3.63, 3.8) is 0 Å². The molecule has 0 atom stereocenters. The number of carbonyl (C=O) groups is 2. The largest absolute Gasteiger partial charge is 0.494 e. The molecule has 5 nitrogen and oxygen atoms in total. The van der Waals surface area contributed by atoms with Crippen molar-refractivity contribution >= 4 is 11.9 Å². The molecule has 0 aliphatic rings. The van der Waals surface area contributed by atoms with Crippen LogP contribution in [0.5, 0.6) is 11.5 Å². The number of esters is 2. The van der Waals surface area contributed by atoms with Gasteiger partial charge in [0.25, 0.3) is 0 Å². The van der Waals surface area contributed by atoms with Gasteiger partial charge in [-0.2, -0.15) is 0 Å². The lowest BCUT2D eigenvalue weighted by Crippen LogP contribution is -2.08. The summed E-state index contributed by atoms with van der Waals surface area (Å²) in [7, 11) is 0. The van der Waals surface area contributed by atoms with E-state index in [1.165, 1.54) is 44.6 Å². The highest BCUT2D eigenvalue weighted by Gasteiger charge is 2.08. The van der Waals surface area contributed by atoms with Crippen LogP contribution in [0.15, 0.2) is 67.3 Å². The molecular formula is C28H36O5. The molecule has 0 aliphatic carbocycles. The number of benzene rings is 2. The molecule has 0 radical (unpaired) electrons. The van der Waals surface area contributed by atoms with Crippen molar-refractivity contribution in [1.82, 2.24) is 0 Å². The summed E-state index contributed by atoms with van der Waals surface area (Å²) in [6.45, 7) is 4.56. The second-order valence-corrected chi connectivity index (χ2v) is 7.98. The Labute approximate surface area is 197 Å². The van der Waals surface area contributed by atoms with Gasteiger partial charge in [-0.25, -0.2) is 9.59 Å². The van der Waals surface area contributed by atoms with E-state index in [1.54, 1.807) is 24.3 Å². The van der Waals surface area contributed by atoms with Crippen LogP contribution in [0, 0.1) is 0 Å². The Balaban J connectivity index is 1.43. The summed E-state index contributed by atoms with van der Waals surface area (Å²) in [5.74, 6) is 0.596. The molecule has 0 aliphatic heterocycles. The predicted octanol–water partition coefficient (Wildman–Crippen LogP) is 6.91. The Morgan fingerprint density at radius 2 is 1.21 bits per heavy atom. The summed E-state index contributed by atoms with van der Waals surface area (Å²) in [5.41, 5.74) is 0.502. The summed E-state index contributed by atoms with van der Waals surface area (Å²) in [6, 6.07) is 16.1. The second-order valence-electron chi connectivity index (χ2n) is 7.98. The molecule has 0 N–H and O–H groups in total. The van der Waals surface area contributed by atoms with Crippen molar-refractivity contribution in [2.75, 3.05) is 13.2 Å². The molecule has 178 valence electrons. The van der Waals surface area contributed by atoms with E-state index < -0.39 is 0 Å². The van der Waals surface area contributed by atoms with E-state index in [0.717, 1.165) is 31.4 Å². The lowest BCUT2D eigenvalue weighted by atomic mass is 10.1. The smallest absolute Gasteiger partial charge is 0.343 e. The van der Waals surface area contributed by atoms with Crippen molar-refractivity contribution in [3.8, 4) is 11.5 Å². The number of ether oxygens (including phenoxy) is 3. The first kappa shape index (κ1) is 26.2. The van der Waals surface area contributed by atoms with Crippen LogP contribution in [-0.4, -0.2) is 25.2 Å². The monoisotopic (exact) mass is 452 g/mol. The molecule has 2 rings (SSSR count). The van der Waals surface area contributed by atoms with Crippen molar-refractivity contribution in [3.05, 3.63) is 72.8 Å². The molecule has 0 heterocycles. The number of para-hydroxylation sites is 1. The Bertz CT molecular complexity index is 814. The molecule has 0 aromatic heterocycles. The second kappa shape index (κ2) is 16.5. The quantitative estimate of drug-likeness (QED) is 0.113. The van der Waals surface area contributed by atoms with Crippen molar-refractivity contribution in [2.24, 2.45) is 0 Å². The Kier molecular flexibility index (Phi) is 13.1. The van der Waals surface area contributed by atoms with E-state index in [9.17, 15) is 9.59 Å². The van der Waals surface area contributed by atoms with E-state index in [0.29, 0.717) is 24.5 Å². The van der Waals surface area contributed by atoms with E-state index in [4.69, 9.17) is 14.2 Å². The van der Waals surface area contributed by atoms with E-state index in [1.807, 2.05) is 30.3 Å². The molecule has 0 saturated carbocycles. The first-order valence-corrected chi connectivity index (χ1v) is 12.0. The van der Waals surface area contributed by atoms with Crippen molar-refractivity contribution < 1.29 is 23.8 Å². The molecule has 0 amide bonds. The molecule has 0 bridgehead atoms. The third-order valence-electron chi connectivity index (χ3n) is 5.26. The summed E-state index contributed by atoms with van der Waals surface area (Å²) in [6.07, 6.45) is 12.9. The highest BCUT2D eigenvalue weighted by molar-refractivity contribution is 5.91. The zero-order valence-corrected chi connectivity index (χ0v) is 19.5. The van der Waals surface area contributed by atoms with Gasteiger partial charge >= 0.3 is 11.9 Å². The summed E-state index contributed by atoms with van der Waals surface area (Å²) < 4.78 is 16.1. The highest BCUT2D eigenvalue weighted by Crippen LogP contribution is 2.16. The van der Waals surface area contributed by atoms with Crippen LogP contribution in [0.1, 0.15) is 74.6 Å². The fourth-order valence-electron chi connectivity index (χ4n) is 3.38. The number of rotatable bonds is 17. The molecule has 33 heavy (non-hydrogen) atoms. The molecule has 2 aromatic carbocycles. The Morgan fingerprint density at radius 1 is 0.667 bits per heavy atom. The van der Waals surface area contributed by atoms with Crippen LogP contribution in [-0.2, 0) is 9.53 Å². The van der Waals surface area contributed by atoms with E-state index in [-0.39, 0.29) is 11.9 Å². The maximum atomic E-state index is 12.2. The van der Waals surface area contributed by atoms with E-state index in [2.05, 4.69) is 6.58 Å². The van der Waals surface area contributed by atoms with Gasteiger partial charge in [0.1, 0.15) is 11.5 Å². The van der Waals surface area contributed by atoms with Gasteiger partial charge in [-0.15, -0.1) is 0 Å². The van der Waals surface area contributed by atoms with Gasteiger partial charge in [0, 0.05) is 6.08 Å². The van der Waals surface area contributed by atoms with Gasteiger partial charge in [0.15, 0.2) is 0 Å². The molecular weight excluding hydrogens is 416 g/mol. The molecule has 0 saturated heterocycles. The van der Waals surface area contributed by atoms with Crippen LogP contribution in [0.2, 0.25) is 0 Å². The minimum Gasteiger partial charge on any atom is -0.494 e. The normalized spacial score (nSPS) is 10.4. The minimum absolute atomic E-state index is 0.334. The van der Waals surface area contributed by atoms with Gasteiger partial charge < -0.3 is 14.2 Å². The van der Waals surface area contributed by atoms with Crippen molar-refractivity contribution in [2.45, 2.75) is 64.2 Å². The number of unbranched alkanes of at least 4 members (excludes halogenated alkanes) is 9. The summed E-state index contributed by atoms with van der Waals surface area (Å²) in [5, 5.41) is 0. The van der Waals surface area contributed by atoms with Crippen LogP contribution in [0.25, 0.3) is 0 Å². The van der Waals surface area contributed by atoms with Crippen LogP contribution in [0.3, 0.4) is 0 Å². The van der Waals surface area contributed by atoms with E-state index >= 15 is 0 Å². The zero-order chi connectivity index (χ0) is 23.6. The lowest BCUT2D eigenvalue weighted by molar-refractivity contribution is -0.137. The topological polar surface area (TPSA) is 61.8 Å². The van der Waals surface area contributed by atoms with Gasteiger partial charge in [0.2, 0.25) is 0 Å². The Hall–Kier alpha value is -3.08. The maximum absolute atomic E-state index is 12.2. The highest BCUT2D eigenvalue weighted by atomic mass is 16.5. The third kappa shape index (κ3) is 11.9. The molecule has 0 unspecified atom stereocenters. The number of carbonyl (C=O) groups excluding carboxylic acids is 2. The summed E-state index contributed by atoms with van der Waals surface area (Å²) >= 11 is 0. The molecule has 0 spiro atoms. The first-order chi connectivity index (χ1) is 16.2. The fourth-order valence-corrected chi connectivity index (χ4v) is 3.38. The molecule has 0 fully saturated rings. The molecule has 5 heteroatoms. The number of hydrogen-bond donors (Lipinski definition) is 0. The standard InChI is InChI=1S/C28H36O5/c1-2-27(29)32-23-15-10-8-6-4-3-5-7-9-14-22-31-25-20-18-24(19-21-25)28(30)33-26-16-12-11-13-17-26/h2,11-13,16-21H,1,3-10,14-15,22-23H2. The Morgan fingerprint density at radius 3 is 1.79 bits per heavy atom.